The van der Waals surface area contributed by atoms with Crippen molar-refractivity contribution in [1.29, 1.82) is 5.26 Å². The van der Waals surface area contributed by atoms with E-state index in [1.807, 2.05) is 54.6 Å². The number of hydrogen-bond donors (Lipinski definition) is 2. The molecular formula is C31H23N5O3. The van der Waals surface area contributed by atoms with Crippen LogP contribution in [-0.4, -0.2) is 24.2 Å². The van der Waals surface area contributed by atoms with Gasteiger partial charge in [-0.15, -0.1) is 6.42 Å². The van der Waals surface area contributed by atoms with Crippen LogP contribution in [0.4, 0.5) is 23.1 Å². The van der Waals surface area contributed by atoms with Gasteiger partial charge in [-0.25, -0.2) is 4.98 Å². The van der Waals surface area contributed by atoms with Crippen molar-refractivity contribution >= 4 is 34.0 Å². The zero-order valence-corrected chi connectivity index (χ0v) is 21.2. The molecule has 5 rings (SSSR count). The Bertz CT molecular complexity index is 1740. The minimum absolute atomic E-state index is 0.362. The number of hydrogen-bond acceptors (Lipinski definition) is 8. The van der Waals surface area contributed by atoms with Crippen LogP contribution in [0.25, 0.3) is 10.9 Å². The predicted octanol–water partition coefficient (Wildman–Crippen LogP) is 6.78. The SMILES string of the molecule is C#Cc1cccc(Nc2nc(Nc3cccc(Oc4ccc(C#N)cc4)c3)nc3cc(OC)c(OC)cc23)c1. The molecule has 5 aromatic rings. The van der Waals surface area contributed by atoms with E-state index in [9.17, 15) is 0 Å². The molecule has 0 fully saturated rings. The van der Waals surface area contributed by atoms with Crippen LogP contribution in [0.3, 0.4) is 0 Å². The average molecular weight is 514 g/mol. The first-order valence-electron chi connectivity index (χ1n) is 11.9. The van der Waals surface area contributed by atoms with Crippen LogP contribution in [0.1, 0.15) is 11.1 Å². The molecule has 1 heterocycles. The Hall–Kier alpha value is -5.73. The first-order valence-corrected chi connectivity index (χ1v) is 11.9. The summed E-state index contributed by atoms with van der Waals surface area (Å²) in [6, 6.07) is 27.6. The molecule has 0 atom stereocenters. The summed E-state index contributed by atoms with van der Waals surface area (Å²) in [5.41, 5.74) is 3.46. The summed E-state index contributed by atoms with van der Waals surface area (Å²) >= 11 is 0. The molecule has 0 radical (unpaired) electrons. The van der Waals surface area contributed by atoms with Crippen molar-refractivity contribution in [3.63, 3.8) is 0 Å². The number of ether oxygens (including phenoxy) is 3. The molecule has 0 spiro atoms. The molecular weight excluding hydrogens is 490 g/mol. The normalized spacial score (nSPS) is 10.3. The molecule has 1 aromatic heterocycles. The fourth-order valence-electron chi connectivity index (χ4n) is 3.93. The fourth-order valence-corrected chi connectivity index (χ4v) is 3.93. The van der Waals surface area contributed by atoms with Crippen molar-refractivity contribution < 1.29 is 14.2 Å². The van der Waals surface area contributed by atoms with Gasteiger partial charge in [0.1, 0.15) is 17.3 Å². The maximum atomic E-state index is 9.01. The van der Waals surface area contributed by atoms with Crippen molar-refractivity contribution in [1.82, 2.24) is 9.97 Å². The van der Waals surface area contributed by atoms with Gasteiger partial charge < -0.3 is 24.8 Å². The van der Waals surface area contributed by atoms with Gasteiger partial charge in [-0.2, -0.15) is 10.2 Å². The Morgan fingerprint density at radius 2 is 1.46 bits per heavy atom. The summed E-state index contributed by atoms with van der Waals surface area (Å²) in [7, 11) is 3.16. The second kappa shape index (κ2) is 11.1. The molecule has 0 saturated heterocycles. The van der Waals surface area contributed by atoms with E-state index in [1.165, 1.54) is 0 Å². The van der Waals surface area contributed by atoms with Crippen LogP contribution in [0.5, 0.6) is 23.0 Å². The second-order valence-electron chi connectivity index (χ2n) is 8.36. The van der Waals surface area contributed by atoms with Crippen LogP contribution >= 0.6 is 0 Å². The van der Waals surface area contributed by atoms with Crippen LogP contribution in [-0.2, 0) is 0 Å². The lowest BCUT2D eigenvalue weighted by Crippen LogP contribution is -2.03. The third-order valence-corrected chi connectivity index (χ3v) is 5.80. The van der Waals surface area contributed by atoms with Gasteiger partial charge >= 0.3 is 0 Å². The Labute approximate surface area is 225 Å². The molecule has 8 heteroatoms. The lowest BCUT2D eigenvalue weighted by atomic mass is 10.2. The number of rotatable bonds is 8. The summed E-state index contributed by atoms with van der Waals surface area (Å²) in [6.07, 6.45) is 5.59. The van der Waals surface area contributed by atoms with E-state index in [4.69, 9.17) is 35.9 Å². The number of terminal acetylenes is 1. The molecule has 8 nitrogen and oxygen atoms in total. The molecule has 190 valence electrons. The Balaban J connectivity index is 1.50. The third kappa shape index (κ3) is 5.66. The van der Waals surface area contributed by atoms with Crippen molar-refractivity contribution in [3.8, 4) is 41.4 Å². The Morgan fingerprint density at radius 3 is 2.18 bits per heavy atom. The molecule has 0 aliphatic carbocycles. The van der Waals surface area contributed by atoms with Gasteiger partial charge in [0.2, 0.25) is 5.95 Å². The number of aromatic nitrogens is 2. The summed E-state index contributed by atoms with van der Waals surface area (Å²) in [5, 5.41) is 16.4. The molecule has 0 saturated carbocycles. The number of nitrogens with zero attached hydrogens (tertiary/aromatic N) is 3. The van der Waals surface area contributed by atoms with E-state index in [0.717, 1.165) is 22.3 Å². The largest absolute Gasteiger partial charge is 0.493 e. The molecule has 0 aliphatic rings. The van der Waals surface area contributed by atoms with Crippen molar-refractivity contribution in [2.45, 2.75) is 0 Å². The Kier molecular flexibility index (Phi) is 7.11. The highest BCUT2D eigenvalue weighted by molar-refractivity contribution is 5.94. The number of benzene rings is 4. The van der Waals surface area contributed by atoms with Gasteiger partial charge in [-0.3, -0.25) is 0 Å². The molecule has 4 aromatic carbocycles. The van der Waals surface area contributed by atoms with Gasteiger partial charge in [0.15, 0.2) is 11.5 Å². The monoisotopic (exact) mass is 513 g/mol. The molecule has 0 bridgehead atoms. The first kappa shape index (κ1) is 24.9. The van der Waals surface area contributed by atoms with Gasteiger partial charge in [0.05, 0.1) is 31.4 Å². The van der Waals surface area contributed by atoms with E-state index in [1.54, 1.807) is 44.6 Å². The van der Waals surface area contributed by atoms with Gasteiger partial charge in [0, 0.05) is 34.5 Å². The number of anilines is 4. The average Bonchev–Trinajstić information content (AvgIpc) is 2.97. The van der Waals surface area contributed by atoms with Crippen molar-refractivity contribution in [2.75, 3.05) is 24.9 Å². The zero-order valence-electron chi connectivity index (χ0n) is 21.2. The lowest BCUT2D eigenvalue weighted by molar-refractivity contribution is 0.356. The highest BCUT2D eigenvalue weighted by atomic mass is 16.5. The maximum absolute atomic E-state index is 9.01. The third-order valence-electron chi connectivity index (χ3n) is 5.80. The minimum Gasteiger partial charge on any atom is -0.493 e. The molecule has 39 heavy (non-hydrogen) atoms. The lowest BCUT2D eigenvalue weighted by Gasteiger charge is -2.15. The van der Waals surface area contributed by atoms with Crippen LogP contribution in [0.15, 0.2) is 84.9 Å². The predicted molar refractivity (Wildman–Crippen MR) is 151 cm³/mol. The second-order valence-corrected chi connectivity index (χ2v) is 8.36. The quantitative estimate of drug-likeness (QED) is 0.219. The highest BCUT2D eigenvalue weighted by Gasteiger charge is 2.14. The van der Waals surface area contributed by atoms with Gasteiger partial charge in [-0.1, -0.05) is 18.1 Å². The van der Waals surface area contributed by atoms with Crippen LogP contribution < -0.4 is 24.8 Å². The molecule has 0 unspecified atom stereocenters. The number of nitriles is 1. The number of nitrogens with one attached hydrogen (secondary N) is 2. The van der Waals surface area contributed by atoms with Crippen LogP contribution in [0, 0.1) is 23.7 Å². The smallest absolute Gasteiger partial charge is 0.229 e. The van der Waals surface area contributed by atoms with Gasteiger partial charge in [-0.05, 0) is 60.7 Å². The van der Waals surface area contributed by atoms with E-state index >= 15 is 0 Å². The standard InChI is InChI=1S/C31H23N5O3/c1-4-20-7-5-8-22(15-20)33-30-26-17-28(37-2)29(38-3)18-27(26)35-31(36-30)34-23-9-6-10-25(16-23)39-24-13-11-21(19-32)12-14-24/h1,5-18H,2-3H3,(H2,33,34,35,36). The Morgan fingerprint density at radius 1 is 0.744 bits per heavy atom. The van der Waals surface area contributed by atoms with Gasteiger partial charge in [0.25, 0.3) is 0 Å². The number of fused-ring (bicyclic) bond motifs is 1. The fraction of sp³-hybridized carbons (Fsp3) is 0.0645. The maximum Gasteiger partial charge on any atom is 0.229 e. The van der Waals surface area contributed by atoms with E-state index in [-0.39, 0.29) is 0 Å². The first-order chi connectivity index (χ1) is 19.1. The summed E-state index contributed by atoms with van der Waals surface area (Å²) < 4.78 is 17.0. The number of methoxy groups -OCH3 is 2. The van der Waals surface area contributed by atoms with E-state index in [0.29, 0.717) is 45.8 Å². The van der Waals surface area contributed by atoms with Crippen molar-refractivity contribution in [3.05, 3.63) is 96.1 Å². The summed E-state index contributed by atoms with van der Waals surface area (Å²) in [6.45, 7) is 0. The van der Waals surface area contributed by atoms with Crippen LogP contribution in [0.2, 0.25) is 0 Å². The van der Waals surface area contributed by atoms with E-state index < -0.39 is 0 Å². The minimum atomic E-state index is 0.362. The summed E-state index contributed by atoms with van der Waals surface area (Å²) in [4.78, 5) is 9.48. The molecule has 2 N–H and O–H groups in total. The zero-order chi connectivity index (χ0) is 27.2. The highest BCUT2D eigenvalue weighted by Crippen LogP contribution is 2.36. The molecule has 0 aliphatic heterocycles. The summed E-state index contributed by atoms with van der Waals surface area (Å²) in [5.74, 6) is 5.91. The topological polar surface area (TPSA) is 101 Å². The van der Waals surface area contributed by atoms with Crippen molar-refractivity contribution in [2.24, 2.45) is 0 Å². The molecule has 0 amide bonds. The van der Waals surface area contributed by atoms with E-state index in [2.05, 4.69) is 22.6 Å².